The molecule has 0 aliphatic carbocycles. The summed E-state index contributed by atoms with van der Waals surface area (Å²) in [6.45, 7) is 2.22. The summed E-state index contributed by atoms with van der Waals surface area (Å²) in [6, 6.07) is 12.9. The minimum atomic E-state index is -0.377. The molecule has 0 heterocycles. The summed E-state index contributed by atoms with van der Waals surface area (Å²) >= 11 is 0. The fourth-order valence-corrected chi connectivity index (χ4v) is 2.46. The SMILES string of the molecule is COCCN(Cc1ccccc1F)C(=O)Nc1cccc(N(C)C(C)=O)c1. The fourth-order valence-electron chi connectivity index (χ4n) is 2.46. The van der Waals surface area contributed by atoms with Crippen LogP contribution in [0, 0.1) is 5.82 Å². The first-order valence-corrected chi connectivity index (χ1v) is 8.55. The van der Waals surface area contributed by atoms with Crippen molar-refractivity contribution in [3.63, 3.8) is 0 Å². The number of urea groups is 1. The molecule has 7 heteroatoms. The maximum atomic E-state index is 14.0. The molecule has 0 saturated carbocycles. The van der Waals surface area contributed by atoms with Crippen LogP contribution in [0.25, 0.3) is 0 Å². The molecule has 2 rings (SSSR count). The topological polar surface area (TPSA) is 61.9 Å². The Morgan fingerprint density at radius 2 is 1.89 bits per heavy atom. The van der Waals surface area contributed by atoms with Gasteiger partial charge >= 0.3 is 6.03 Å². The molecule has 0 atom stereocenters. The second-order valence-corrected chi connectivity index (χ2v) is 6.06. The third kappa shape index (κ3) is 5.79. The number of nitrogens with zero attached hydrogens (tertiary/aromatic N) is 2. The fraction of sp³-hybridized carbons (Fsp3) is 0.300. The molecule has 0 unspecified atom stereocenters. The van der Waals surface area contributed by atoms with Gasteiger partial charge in [-0.1, -0.05) is 24.3 Å². The molecule has 0 radical (unpaired) electrons. The lowest BCUT2D eigenvalue weighted by atomic mass is 10.2. The zero-order valence-electron chi connectivity index (χ0n) is 15.7. The van der Waals surface area contributed by atoms with Gasteiger partial charge < -0.3 is 19.9 Å². The summed E-state index contributed by atoms with van der Waals surface area (Å²) in [5, 5.41) is 2.80. The first-order chi connectivity index (χ1) is 12.9. The number of methoxy groups -OCH3 is 1. The van der Waals surface area contributed by atoms with E-state index in [0.717, 1.165) is 0 Å². The minimum Gasteiger partial charge on any atom is -0.383 e. The van der Waals surface area contributed by atoms with Gasteiger partial charge in [-0.2, -0.15) is 0 Å². The van der Waals surface area contributed by atoms with Gasteiger partial charge in [-0.25, -0.2) is 9.18 Å². The van der Waals surface area contributed by atoms with E-state index in [1.165, 1.54) is 22.8 Å². The molecule has 0 aliphatic rings. The van der Waals surface area contributed by atoms with Crippen LogP contribution in [0.15, 0.2) is 48.5 Å². The normalized spacial score (nSPS) is 10.4. The van der Waals surface area contributed by atoms with Crippen molar-refractivity contribution in [2.45, 2.75) is 13.5 Å². The third-order valence-corrected chi connectivity index (χ3v) is 4.13. The number of carbonyl (C=O) groups excluding carboxylic acids is 2. The maximum Gasteiger partial charge on any atom is 0.322 e. The van der Waals surface area contributed by atoms with Crippen LogP contribution in [0.5, 0.6) is 0 Å². The molecule has 1 N–H and O–H groups in total. The van der Waals surface area contributed by atoms with E-state index in [1.807, 2.05) is 0 Å². The van der Waals surface area contributed by atoms with Crippen molar-refractivity contribution >= 4 is 23.3 Å². The molecule has 6 nitrogen and oxygen atoms in total. The Bertz CT molecular complexity index is 798. The average Bonchev–Trinajstić information content (AvgIpc) is 2.66. The van der Waals surface area contributed by atoms with E-state index in [2.05, 4.69) is 5.32 Å². The van der Waals surface area contributed by atoms with E-state index in [4.69, 9.17) is 4.74 Å². The van der Waals surface area contributed by atoms with Crippen LogP contribution < -0.4 is 10.2 Å². The van der Waals surface area contributed by atoms with Gasteiger partial charge in [0.1, 0.15) is 5.82 Å². The van der Waals surface area contributed by atoms with Crippen molar-refractivity contribution in [2.24, 2.45) is 0 Å². The van der Waals surface area contributed by atoms with E-state index in [-0.39, 0.29) is 24.3 Å². The number of rotatable bonds is 7. The second-order valence-electron chi connectivity index (χ2n) is 6.06. The first kappa shape index (κ1) is 20.4. The largest absolute Gasteiger partial charge is 0.383 e. The van der Waals surface area contributed by atoms with E-state index in [9.17, 15) is 14.0 Å². The number of ether oxygens (including phenoxy) is 1. The molecule has 0 bridgehead atoms. The smallest absolute Gasteiger partial charge is 0.322 e. The molecule has 27 heavy (non-hydrogen) atoms. The monoisotopic (exact) mass is 373 g/mol. The van der Waals surface area contributed by atoms with Gasteiger partial charge in [-0.05, 0) is 24.3 Å². The molecule has 3 amide bonds. The number of hydrogen-bond donors (Lipinski definition) is 1. The van der Waals surface area contributed by atoms with Crippen molar-refractivity contribution in [3.05, 3.63) is 59.9 Å². The number of anilines is 2. The zero-order chi connectivity index (χ0) is 19.8. The van der Waals surface area contributed by atoms with E-state index >= 15 is 0 Å². The molecular weight excluding hydrogens is 349 g/mol. The Kier molecular flexibility index (Phi) is 7.31. The van der Waals surface area contributed by atoms with Crippen LogP contribution in [0.2, 0.25) is 0 Å². The van der Waals surface area contributed by atoms with Crippen LogP contribution in [0.1, 0.15) is 12.5 Å². The molecule has 0 fully saturated rings. The van der Waals surface area contributed by atoms with Crippen molar-refractivity contribution in [2.75, 3.05) is 37.5 Å². The zero-order valence-corrected chi connectivity index (χ0v) is 15.7. The maximum absolute atomic E-state index is 14.0. The third-order valence-electron chi connectivity index (χ3n) is 4.13. The van der Waals surface area contributed by atoms with Crippen LogP contribution in [0.3, 0.4) is 0 Å². The van der Waals surface area contributed by atoms with Crippen LogP contribution in [-0.2, 0) is 16.1 Å². The quantitative estimate of drug-likeness (QED) is 0.808. The molecule has 0 aliphatic heterocycles. The summed E-state index contributed by atoms with van der Waals surface area (Å²) in [7, 11) is 3.20. The summed E-state index contributed by atoms with van der Waals surface area (Å²) in [4.78, 5) is 27.2. The number of amides is 3. The lowest BCUT2D eigenvalue weighted by Gasteiger charge is -2.23. The second kappa shape index (κ2) is 9.68. The lowest BCUT2D eigenvalue weighted by Crippen LogP contribution is -2.37. The Hall–Kier alpha value is -2.93. The molecular formula is C20H24FN3O3. The summed E-state index contributed by atoms with van der Waals surface area (Å²) in [5.41, 5.74) is 1.63. The molecule has 2 aromatic rings. The van der Waals surface area contributed by atoms with Crippen molar-refractivity contribution < 1.29 is 18.7 Å². The van der Waals surface area contributed by atoms with Gasteiger partial charge in [-0.3, -0.25) is 4.79 Å². The summed E-state index contributed by atoms with van der Waals surface area (Å²) < 4.78 is 19.0. The van der Waals surface area contributed by atoms with Crippen molar-refractivity contribution in [3.8, 4) is 0 Å². The Morgan fingerprint density at radius 1 is 1.15 bits per heavy atom. The highest BCUT2D eigenvalue weighted by molar-refractivity contribution is 5.93. The Morgan fingerprint density at radius 3 is 2.56 bits per heavy atom. The van der Waals surface area contributed by atoms with Crippen LogP contribution >= 0.6 is 0 Å². The summed E-state index contributed by atoms with van der Waals surface area (Å²) in [6.07, 6.45) is 0. The van der Waals surface area contributed by atoms with Crippen molar-refractivity contribution in [1.29, 1.82) is 0 Å². The van der Waals surface area contributed by atoms with Gasteiger partial charge in [0.05, 0.1) is 13.2 Å². The van der Waals surface area contributed by atoms with Gasteiger partial charge in [0.25, 0.3) is 0 Å². The van der Waals surface area contributed by atoms with E-state index in [0.29, 0.717) is 30.1 Å². The molecule has 0 spiro atoms. The average molecular weight is 373 g/mol. The number of halogens is 1. The number of hydrogen-bond acceptors (Lipinski definition) is 3. The Labute approximate surface area is 158 Å². The van der Waals surface area contributed by atoms with Gasteiger partial charge in [0, 0.05) is 44.6 Å². The van der Waals surface area contributed by atoms with E-state index in [1.54, 1.807) is 56.6 Å². The van der Waals surface area contributed by atoms with Gasteiger partial charge in [0.2, 0.25) is 5.91 Å². The number of nitrogens with one attached hydrogen (secondary N) is 1. The van der Waals surface area contributed by atoms with Gasteiger partial charge in [0.15, 0.2) is 0 Å². The van der Waals surface area contributed by atoms with Crippen LogP contribution in [0.4, 0.5) is 20.6 Å². The van der Waals surface area contributed by atoms with Crippen LogP contribution in [-0.4, -0.2) is 44.1 Å². The van der Waals surface area contributed by atoms with Crippen molar-refractivity contribution in [1.82, 2.24) is 4.90 Å². The molecule has 0 saturated heterocycles. The standard InChI is InChI=1S/C20H24FN3O3/c1-15(25)23(2)18-9-6-8-17(13-18)22-20(26)24(11-12-27-3)14-16-7-4-5-10-19(16)21/h4-10,13H,11-12,14H2,1-3H3,(H,22,26). The predicted octanol–water partition coefficient (Wildman–Crippen LogP) is 3.49. The Balaban J connectivity index is 2.15. The minimum absolute atomic E-state index is 0.111. The molecule has 144 valence electrons. The lowest BCUT2D eigenvalue weighted by molar-refractivity contribution is -0.116. The predicted molar refractivity (Wildman–Crippen MR) is 103 cm³/mol. The highest BCUT2D eigenvalue weighted by Crippen LogP contribution is 2.19. The molecule has 0 aromatic heterocycles. The van der Waals surface area contributed by atoms with Gasteiger partial charge in [-0.15, -0.1) is 0 Å². The highest BCUT2D eigenvalue weighted by Gasteiger charge is 2.16. The first-order valence-electron chi connectivity index (χ1n) is 8.55. The number of benzene rings is 2. The summed E-state index contributed by atoms with van der Waals surface area (Å²) in [5.74, 6) is -0.474. The van der Waals surface area contributed by atoms with E-state index < -0.39 is 0 Å². The molecule has 2 aromatic carbocycles. The number of carbonyl (C=O) groups is 2. The highest BCUT2D eigenvalue weighted by atomic mass is 19.1.